The molecule has 0 radical (unpaired) electrons. The number of aromatic nitrogens is 2. The quantitative estimate of drug-likeness (QED) is 0.651. The highest BCUT2D eigenvalue weighted by atomic mass is 19.1. The summed E-state index contributed by atoms with van der Waals surface area (Å²) in [6.07, 6.45) is 0.0436. The maximum absolute atomic E-state index is 13.2. The Labute approximate surface area is 155 Å². The van der Waals surface area contributed by atoms with Crippen molar-refractivity contribution < 1.29 is 14.0 Å². The fourth-order valence-electron chi connectivity index (χ4n) is 2.42. The SMILES string of the molecule is CC(=O)c1ccc(Nc2ccc(NC(=O)Cc3cccc(F)c3)nn2)cc1. The lowest BCUT2D eigenvalue weighted by atomic mass is 10.1. The number of hydrogen-bond donors (Lipinski definition) is 2. The molecule has 0 saturated heterocycles. The van der Waals surface area contributed by atoms with Crippen molar-refractivity contribution in [3.63, 3.8) is 0 Å². The molecule has 7 heteroatoms. The van der Waals surface area contributed by atoms with E-state index in [0.29, 0.717) is 22.8 Å². The van der Waals surface area contributed by atoms with Crippen LogP contribution in [0.5, 0.6) is 0 Å². The molecule has 0 atom stereocenters. The lowest BCUT2D eigenvalue weighted by Gasteiger charge is -2.07. The number of Topliss-reactive ketones (excluding diaryl/α,β-unsaturated/α-hetero) is 1. The number of rotatable bonds is 6. The van der Waals surface area contributed by atoms with E-state index >= 15 is 0 Å². The molecule has 27 heavy (non-hydrogen) atoms. The van der Waals surface area contributed by atoms with E-state index in [4.69, 9.17) is 0 Å². The first kappa shape index (κ1) is 18.2. The molecular formula is C20H17FN4O2. The average molecular weight is 364 g/mol. The molecule has 1 heterocycles. The second kappa shape index (κ2) is 8.18. The minimum atomic E-state index is -0.383. The molecule has 3 aromatic rings. The van der Waals surface area contributed by atoms with Gasteiger partial charge >= 0.3 is 0 Å². The highest BCUT2D eigenvalue weighted by Gasteiger charge is 2.07. The molecule has 0 aliphatic carbocycles. The van der Waals surface area contributed by atoms with Crippen molar-refractivity contribution in [1.82, 2.24) is 10.2 Å². The van der Waals surface area contributed by atoms with Crippen LogP contribution in [0.2, 0.25) is 0 Å². The number of ketones is 1. The molecule has 0 saturated carbocycles. The van der Waals surface area contributed by atoms with Gasteiger partial charge < -0.3 is 10.6 Å². The molecule has 0 bridgehead atoms. The summed E-state index contributed by atoms with van der Waals surface area (Å²) in [6, 6.07) is 16.1. The Hall–Kier alpha value is -3.61. The molecule has 6 nitrogen and oxygen atoms in total. The topological polar surface area (TPSA) is 84.0 Å². The molecule has 1 amide bonds. The van der Waals surface area contributed by atoms with Crippen molar-refractivity contribution in [3.05, 3.63) is 77.6 Å². The van der Waals surface area contributed by atoms with Crippen LogP contribution in [0.3, 0.4) is 0 Å². The third kappa shape index (κ3) is 5.18. The zero-order valence-electron chi connectivity index (χ0n) is 14.6. The Morgan fingerprint density at radius 3 is 2.30 bits per heavy atom. The van der Waals surface area contributed by atoms with E-state index in [-0.39, 0.29) is 23.9 Å². The van der Waals surface area contributed by atoms with Crippen molar-refractivity contribution in [1.29, 1.82) is 0 Å². The molecule has 2 aromatic carbocycles. The van der Waals surface area contributed by atoms with Gasteiger partial charge in [0, 0.05) is 11.3 Å². The Kier molecular flexibility index (Phi) is 5.51. The van der Waals surface area contributed by atoms with Gasteiger partial charge in [0.1, 0.15) is 5.82 Å². The predicted molar refractivity (Wildman–Crippen MR) is 100 cm³/mol. The summed E-state index contributed by atoms with van der Waals surface area (Å²) in [5.74, 6) is 0.101. The first-order valence-electron chi connectivity index (χ1n) is 8.25. The molecule has 0 aliphatic heterocycles. The van der Waals surface area contributed by atoms with E-state index in [0.717, 1.165) is 5.69 Å². The highest BCUT2D eigenvalue weighted by molar-refractivity contribution is 5.94. The van der Waals surface area contributed by atoms with Gasteiger partial charge in [-0.25, -0.2) is 4.39 Å². The van der Waals surface area contributed by atoms with Gasteiger partial charge in [0.2, 0.25) is 5.91 Å². The second-order valence-corrected chi connectivity index (χ2v) is 5.92. The van der Waals surface area contributed by atoms with Gasteiger partial charge in [-0.2, -0.15) is 0 Å². The fraction of sp³-hybridized carbons (Fsp3) is 0.100. The molecule has 0 fully saturated rings. The fourth-order valence-corrected chi connectivity index (χ4v) is 2.42. The zero-order chi connectivity index (χ0) is 19.2. The van der Waals surface area contributed by atoms with E-state index in [1.807, 2.05) is 0 Å². The summed E-state index contributed by atoms with van der Waals surface area (Å²) in [4.78, 5) is 23.3. The highest BCUT2D eigenvalue weighted by Crippen LogP contribution is 2.16. The Balaban J connectivity index is 1.58. The average Bonchev–Trinajstić information content (AvgIpc) is 2.64. The van der Waals surface area contributed by atoms with E-state index in [9.17, 15) is 14.0 Å². The van der Waals surface area contributed by atoms with E-state index in [1.54, 1.807) is 48.5 Å². The summed E-state index contributed by atoms with van der Waals surface area (Å²) in [5, 5.41) is 13.6. The number of halogens is 1. The smallest absolute Gasteiger partial charge is 0.229 e. The van der Waals surface area contributed by atoms with Gasteiger partial charge in [-0.05, 0) is 61.0 Å². The summed E-state index contributed by atoms with van der Waals surface area (Å²) >= 11 is 0. The predicted octanol–water partition coefficient (Wildman–Crippen LogP) is 3.74. The Morgan fingerprint density at radius 2 is 1.67 bits per heavy atom. The minimum Gasteiger partial charge on any atom is -0.339 e. The van der Waals surface area contributed by atoms with Gasteiger partial charge in [-0.15, -0.1) is 10.2 Å². The molecule has 1 aromatic heterocycles. The summed E-state index contributed by atoms with van der Waals surface area (Å²) in [5.41, 5.74) is 1.97. The van der Waals surface area contributed by atoms with E-state index in [1.165, 1.54) is 19.1 Å². The second-order valence-electron chi connectivity index (χ2n) is 5.92. The molecule has 0 aliphatic rings. The Morgan fingerprint density at radius 1 is 0.963 bits per heavy atom. The van der Waals surface area contributed by atoms with Crippen LogP contribution in [0, 0.1) is 5.82 Å². The summed E-state index contributed by atoms with van der Waals surface area (Å²) < 4.78 is 13.2. The first-order valence-corrected chi connectivity index (χ1v) is 8.25. The normalized spacial score (nSPS) is 10.3. The van der Waals surface area contributed by atoms with Crippen molar-refractivity contribution in [2.24, 2.45) is 0 Å². The van der Waals surface area contributed by atoms with E-state index < -0.39 is 0 Å². The maximum Gasteiger partial charge on any atom is 0.229 e. The van der Waals surface area contributed by atoms with Gasteiger partial charge in [0.05, 0.1) is 6.42 Å². The van der Waals surface area contributed by atoms with Crippen LogP contribution in [-0.4, -0.2) is 21.9 Å². The first-order chi connectivity index (χ1) is 13.0. The molecule has 0 unspecified atom stereocenters. The van der Waals surface area contributed by atoms with Gasteiger partial charge in [-0.1, -0.05) is 12.1 Å². The van der Waals surface area contributed by atoms with Gasteiger partial charge in [-0.3, -0.25) is 9.59 Å². The van der Waals surface area contributed by atoms with Crippen LogP contribution < -0.4 is 10.6 Å². The molecule has 3 rings (SSSR count). The van der Waals surface area contributed by atoms with Crippen molar-refractivity contribution >= 4 is 29.0 Å². The standard InChI is InChI=1S/C20H17FN4O2/c1-13(26)15-5-7-17(8-6-15)22-18-9-10-19(25-24-18)23-20(27)12-14-3-2-4-16(21)11-14/h2-11H,12H2,1H3,(H,22,24)(H,23,25,27). The lowest BCUT2D eigenvalue weighted by Crippen LogP contribution is -2.15. The Bertz CT molecular complexity index is 956. The van der Waals surface area contributed by atoms with Crippen LogP contribution >= 0.6 is 0 Å². The number of benzene rings is 2. The number of nitrogens with zero attached hydrogens (tertiary/aromatic N) is 2. The van der Waals surface area contributed by atoms with Crippen LogP contribution in [-0.2, 0) is 11.2 Å². The third-order valence-corrected chi connectivity index (χ3v) is 3.75. The van der Waals surface area contributed by atoms with Crippen LogP contribution in [0.4, 0.5) is 21.7 Å². The zero-order valence-corrected chi connectivity index (χ0v) is 14.6. The number of anilines is 3. The molecule has 2 N–H and O–H groups in total. The molecule has 0 spiro atoms. The summed E-state index contributed by atoms with van der Waals surface area (Å²) in [6.45, 7) is 1.51. The summed E-state index contributed by atoms with van der Waals surface area (Å²) in [7, 11) is 0. The monoisotopic (exact) mass is 364 g/mol. The van der Waals surface area contributed by atoms with Crippen molar-refractivity contribution in [2.75, 3.05) is 10.6 Å². The van der Waals surface area contributed by atoms with Crippen molar-refractivity contribution in [2.45, 2.75) is 13.3 Å². The number of carbonyl (C=O) groups is 2. The number of amides is 1. The maximum atomic E-state index is 13.2. The van der Waals surface area contributed by atoms with Crippen LogP contribution in [0.1, 0.15) is 22.8 Å². The number of hydrogen-bond acceptors (Lipinski definition) is 5. The van der Waals surface area contributed by atoms with Crippen LogP contribution in [0.15, 0.2) is 60.7 Å². The van der Waals surface area contributed by atoms with Gasteiger partial charge in [0.15, 0.2) is 17.4 Å². The number of nitrogens with one attached hydrogen (secondary N) is 2. The van der Waals surface area contributed by atoms with Crippen molar-refractivity contribution in [3.8, 4) is 0 Å². The third-order valence-electron chi connectivity index (χ3n) is 3.75. The molecule has 136 valence electrons. The number of carbonyl (C=O) groups excluding carboxylic acids is 2. The van der Waals surface area contributed by atoms with Gasteiger partial charge in [0.25, 0.3) is 0 Å². The largest absolute Gasteiger partial charge is 0.339 e. The van der Waals surface area contributed by atoms with E-state index in [2.05, 4.69) is 20.8 Å². The molecular weight excluding hydrogens is 347 g/mol. The van der Waals surface area contributed by atoms with Crippen LogP contribution in [0.25, 0.3) is 0 Å². The minimum absolute atomic E-state index is 0.000299. The lowest BCUT2D eigenvalue weighted by molar-refractivity contribution is -0.115.